The molecule has 0 aliphatic carbocycles. The summed E-state index contributed by atoms with van der Waals surface area (Å²) in [4.78, 5) is 20.5. The topological polar surface area (TPSA) is 74.6 Å². The monoisotopic (exact) mass is 536 g/mol. The Balaban J connectivity index is 0. The first-order valence-corrected chi connectivity index (χ1v) is 16.1. The molecular formula is C34H64O4. The lowest BCUT2D eigenvalue weighted by atomic mass is 9.89. The molecule has 0 aromatic rings. The van der Waals surface area contributed by atoms with E-state index in [2.05, 4.69) is 27.0 Å². The predicted molar refractivity (Wildman–Crippen MR) is 165 cm³/mol. The van der Waals surface area contributed by atoms with E-state index in [1.807, 2.05) is 0 Å². The van der Waals surface area contributed by atoms with Crippen LogP contribution in [0.1, 0.15) is 174 Å². The summed E-state index contributed by atoms with van der Waals surface area (Å²) < 4.78 is 0. The third kappa shape index (κ3) is 32.4. The molecule has 0 spiro atoms. The van der Waals surface area contributed by atoms with Crippen LogP contribution in [0, 0.1) is 5.92 Å². The van der Waals surface area contributed by atoms with Crippen LogP contribution in [0.25, 0.3) is 0 Å². The molecule has 1 unspecified atom stereocenters. The van der Waals surface area contributed by atoms with Gasteiger partial charge in [-0.15, -0.1) is 0 Å². The zero-order valence-corrected chi connectivity index (χ0v) is 25.5. The first-order valence-electron chi connectivity index (χ1n) is 16.1. The van der Waals surface area contributed by atoms with Crippen LogP contribution in [0.5, 0.6) is 0 Å². The van der Waals surface area contributed by atoms with Crippen molar-refractivity contribution in [2.45, 2.75) is 174 Å². The van der Waals surface area contributed by atoms with Crippen molar-refractivity contribution in [2.75, 3.05) is 0 Å². The minimum absolute atomic E-state index is 0.408. The number of unbranched alkanes of at least 4 members (excludes halogenated alkanes) is 20. The fourth-order valence-electron chi connectivity index (χ4n) is 4.98. The van der Waals surface area contributed by atoms with Crippen LogP contribution in [0.3, 0.4) is 0 Å². The van der Waals surface area contributed by atoms with Gasteiger partial charge in [-0.2, -0.15) is 0 Å². The van der Waals surface area contributed by atoms with Gasteiger partial charge in [0.1, 0.15) is 0 Å². The highest BCUT2D eigenvalue weighted by molar-refractivity contribution is 5.85. The summed E-state index contributed by atoms with van der Waals surface area (Å²) in [5.41, 5.74) is 0.408. The van der Waals surface area contributed by atoms with Gasteiger partial charge in [-0.25, -0.2) is 9.59 Å². The molecule has 4 heteroatoms. The Morgan fingerprint density at radius 2 is 0.842 bits per heavy atom. The van der Waals surface area contributed by atoms with Crippen LogP contribution in [-0.4, -0.2) is 22.2 Å². The van der Waals surface area contributed by atoms with Crippen LogP contribution in [0.2, 0.25) is 0 Å². The van der Waals surface area contributed by atoms with Crippen molar-refractivity contribution >= 4 is 11.9 Å². The van der Waals surface area contributed by atoms with E-state index >= 15 is 0 Å². The van der Waals surface area contributed by atoms with Gasteiger partial charge in [0.2, 0.25) is 0 Å². The molecule has 0 aromatic heterocycles. The van der Waals surface area contributed by atoms with Crippen molar-refractivity contribution in [1.29, 1.82) is 0 Å². The van der Waals surface area contributed by atoms with Gasteiger partial charge in [-0.3, -0.25) is 0 Å². The SMILES string of the molecule is C=C(CC(CCCCCCCCCCCC)CCCCCCCCCCCCCC)C(=O)O.C=CC(=O)O. The van der Waals surface area contributed by atoms with Crippen molar-refractivity contribution in [3.05, 3.63) is 24.8 Å². The summed E-state index contributed by atoms with van der Waals surface area (Å²) in [6.07, 6.45) is 34.0. The molecule has 0 radical (unpaired) electrons. The summed E-state index contributed by atoms with van der Waals surface area (Å²) in [7, 11) is 0. The number of rotatable bonds is 28. The van der Waals surface area contributed by atoms with Crippen LogP contribution in [-0.2, 0) is 9.59 Å². The Bertz CT molecular complexity index is 555. The average molecular weight is 537 g/mol. The van der Waals surface area contributed by atoms with Gasteiger partial charge in [-0.1, -0.05) is 181 Å². The zero-order chi connectivity index (χ0) is 28.7. The fourth-order valence-corrected chi connectivity index (χ4v) is 4.98. The second kappa shape index (κ2) is 31.6. The third-order valence-electron chi connectivity index (χ3n) is 7.44. The van der Waals surface area contributed by atoms with Crippen LogP contribution in [0.4, 0.5) is 0 Å². The van der Waals surface area contributed by atoms with Crippen molar-refractivity contribution in [2.24, 2.45) is 5.92 Å². The third-order valence-corrected chi connectivity index (χ3v) is 7.44. The van der Waals surface area contributed by atoms with Gasteiger partial charge in [0, 0.05) is 11.6 Å². The van der Waals surface area contributed by atoms with Crippen LogP contribution < -0.4 is 0 Å². The maximum atomic E-state index is 11.3. The minimum atomic E-state index is -0.981. The van der Waals surface area contributed by atoms with E-state index < -0.39 is 11.9 Å². The Hall–Kier alpha value is -1.58. The summed E-state index contributed by atoms with van der Waals surface area (Å²) in [5.74, 6) is -1.27. The molecule has 0 aromatic carbocycles. The molecule has 0 saturated heterocycles. The minimum Gasteiger partial charge on any atom is -0.478 e. The summed E-state index contributed by atoms with van der Waals surface area (Å²) >= 11 is 0. The molecule has 0 amide bonds. The Morgan fingerprint density at radius 1 is 0.579 bits per heavy atom. The molecule has 0 rings (SSSR count). The van der Waals surface area contributed by atoms with Crippen LogP contribution in [0.15, 0.2) is 24.8 Å². The first kappa shape index (κ1) is 38.6. The normalized spacial score (nSPS) is 11.4. The molecule has 1 atom stereocenters. The highest BCUT2D eigenvalue weighted by Crippen LogP contribution is 2.25. The van der Waals surface area contributed by atoms with Gasteiger partial charge in [0.05, 0.1) is 0 Å². The van der Waals surface area contributed by atoms with E-state index in [9.17, 15) is 14.7 Å². The Kier molecular flexibility index (Phi) is 32.1. The second-order valence-corrected chi connectivity index (χ2v) is 11.2. The van der Waals surface area contributed by atoms with Crippen molar-refractivity contribution < 1.29 is 19.8 Å². The number of hydrogen-bond acceptors (Lipinski definition) is 2. The van der Waals surface area contributed by atoms with E-state index in [1.165, 1.54) is 154 Å². The van der Waals surface area contributed by atoms with Gasteiger partial charge < -0.3 is 10.2 Å². The summed E-state index contributed by atoms with van der Waals surface area (Å²) in [6, 6.07) is 0. The maximum Gasteiger partial charge on any atom is 0.330 e. The standard InChI is InChI=1S/C31H60O2.C3H4O2/c1-4-6-8-10-12-14-16-17-19-21-23-25-27-30(28-29(3)31(32)33)26-24-22-20-18-15-13-11-9-7-5-2;1-2-3(4)5/h30H,3-28H2,1-2H3,(H,32,33);2H,1H2,(H,4,5). The molecule has 2 N–H and O–H groups in total. The lowest BCUT2D eigenvalue weighted by Gasteiger charge is -2.17. The highest BCUT2D eigenvalue weighted by Gasteiger charge is 2.14. The second-order valence-electron chi connectivity index (χ2n) is 11.2. The van der Waals surface area contributed by atoms with Gasteiger partial charge in [0.25, 0.3) is 0 Å². The Labute approximate surface area is 236 Å². The van der Waals surface area contributed by atoms with Gasteiger partial charge in [0.15, 0.2) is 0 Å². The van der Waals surface area contributed by atoms with Crippen LogP contribution >= 0.6 is 0 Å². The number of carboxylic acids is 2. The van der Waals surface area contributed by atoms with E-state index in [0.717, 1.165) is 6.08 Å². The lowest BCUT2D eigenvalue weighted by molar-refractivity contribution is -0.133. The molecule has 4 nitrogen and oxygen atoms in total. The molecule has 0 heterocycles. The molecule has 0 bridgehead atoms. The zero-order valence-electron chi connectivity index (χ0n) is 25.5. The number of carbonyl (C=O) groups is 2. The fraction of sp³-hybridized carbons (Fsp3) is 0.824. The number of carboxylic acid groups (broad SMARTS) is 2. The van der Waals surface area contributed by atoms with Gasteiger partial charge >= 0.3 is 11.9 Å². The molecule has 0 aliphatic heterocycles. The number of hydrogen-bond donors (Lipinski definition) is 2. The molecular weight excluding hydrogens is 472 g/mol. The lowest BCUT2D eigenvalue weighted by Crippen LogP contribution is -2.08. The quantitative estimate of drug-likeness (QED) is 0.0770. The molecule has 224 valence electrons. The number of aliphatic carboxylic acids is 2. The molecule has 0 aliphatic rings. The molecule has 0 fully saturated rings. The predicted octanol–water partition coefficient (Wildman–Crippen LogP) is 11.3. The molecule has 0 saturated carbocycles. The van der Waals surface area contributed by atoms with E-state index in [4.69, 9.17) is 5.11 Å². The average Bonchev–Trinajstić information content (AvgIpc) is 2.90. The first-order chi connectivity index (χ1) is 18.4. The van der Waals surface area contributed by atoms with E-state index in [1.54, 1.807) is 0 Å². The van der Waals surface area contributed by atoms with Crippen molar-refractivity contribution in [3.8, 4) is 0 Å². The Morgan fingerprint density at radius 3 is 1.08 bits per heavy atom. The summed E-state index contributed by atoms with van der Waals surface area (Å²) in [5, 5.41) is 16.9. The van der Waals surface area contributed by atoms with Crippen molar-refractivity contribution in [3.63, 3.8) is 0 Å². The maximum absolute atomic E-state index is 11.3. The van der Waals surface area contributed by atoms with E-state index in [-0.39, 0.29) is 0 Å². The van der Waals surface area contributed by atoms with Crippen molar-refractivity contribution in [1.82, 2.24) is 0 Å². The smallest absolute Gasteiger partial charge is 0.330 e. The largest absolute Gasteiger partial charge is 0.478 e. The van der Waals surface area contributed by atoms with Gasteiger partial charge in [-0.05, 0) is 12.3 Å². The molecule has 38 heavy (non-hydrogen) atoms. The van der Waals surface area contributed by atoms with E-state index in [0.29, 0.717) is 17.9 Å². The summed E-state index contributed by atoms with van der Waals surface area (Å²) in [6.45, 7) is 11.3. The highest BCUT2D eigenvalue weighted by atomic mass is 16.4.